The maximum atomic E-state index is 12.5. The van der Waals surface area contributed by atoms with Crippen molar-refractivity contribution in [1.82, 2.24) is 4.72 Å². The molecule has 1 aromatic rings. The van der Waals surface area contributed by atoms with E-state index >= 15 is 0 Å². The molecule has 1 aromatic carbocycles. The van der Waals surface area contributed by atoms with Crippen molar-refractivity contribution in [2.24, 2.45) is 0 Å². The molecular formula is C16H24N2O5S. The van der Waals surface area contributed by atoms with Gasteiger partial charge in [-0.1, -0.05) is 0 Å². The molecule has 0 bridgehead atoms. The summed E-state index contributed by atoms with van der Waals surface area (Å²) in [6.45, 7) is 3.90. The second-order valence-corrected chi connectivity index (χ2v) is 7.44. The van der Waals surface area contributed by atoms with Crippen molar-refractivity contribution < 1.29 is 22.7 Å². The Kier molecular flexibility index (Phi) is 5.97. The molecule has 2 rings (SSSR count). The first kappa shape index (κ1) is 18.9. The number of anilines is 1. The number of benzene rings is 1. The Morgan fingerprint density at radius 1 is 1.33 bits per heavy atom. The lowest BCUT2D eigenvalue weighted by Gasteiger charge is -2.43. The van der Waals surface area contributed by atoms with Gasteiger partial charge in [-0.05, 0) is 37.6 Å². The summed E-state index contributed by atoms with van der Waals surface area (Å²) in [6.07, 6.45) is 0.207. The Balaban J connectivity index is 2.07. The number of hydrogen-bond donors (Lipinski definition) is 1. The van der Waals surface area contributed by atoms with E-state index in [0.29, 0.717) is 18.7 Å². The van der Waals surface area contributed by atoms with Crippen molar-refractivity contribution in [3.8, 4) is 0 Å². The van der Waals surface area contributed by atoms with E-state index in [1.165, 1.54) is 24.0 Å². The average Bonchev–Trinajstić information content (AvgIpc) is 2.53. The molecule has 1 saturated carbocycles. The number of hydrogen-bond acceptors (Lipinski definition) is 5. The first-order valence-electron chi connectivity index (χ1n) is 7.81. The fraction of sp³-hybridized carbons (Fsp3) is 0.562. The minimum Gasteiger partial charge on any atom is -0.377 e. The van der Waals surface area contributed by atoms with Crippen molar-refractivity contribution in [2.45, 2.75) is 43.4 Å². The molecule has 1 fully saturated rings. The van der Waals surface area contributed by atoms with Crippen molar-refractivity contribution in [3.05, 3.63) is 24.3 Å². The highest BCUT2D eigenvalue weighted by Gasteiger charge is 2.44. The van der Waals surface area contributed by atoms with E-state index in [9.17, 15) is 13.2 Å². The zero-order valence-corrected chi connectivity index (χ0v) is 15.2. The SMILES string of the molecule is CCO[C@@H]1C[C@@H](NS(=O)(=O)c2ccc(N(C)C(C)=O)cc2)[C@@H]1OC. The number of amides is 1. The lowest BCUT2D eigenvalue weighted by Crippen LogP contribution is -2.60. The van der Waals surface area contributed by atoms with Gasteiger partial charge in [-0.25, -0.2) is 13.1 Å². The molecule has 0 aliphatic heterocycles. The number of carbonyl (C=O) groups is 1. The van der Waals surface area contributed by atoms with E-state index in [0.717, 1.165) is 0 Å². The third-order valence-electron chi connectivity index (χ3n) is 4.22. The second kappa shape index (κ2) is 7.60. The zero-order chi connectivity index (χ0) is 17.9. The van der Waals surface area contributed by atoms with Gasteiger partial charge in [-0.15, -0.1) is 0 Å². The summed E-state index contributed by atoms with van der Waals surface area (Å²) < 4.78 is 38.5. The van der Waals surface area contributed by atoms with Gasteiger partial charge >= 0.3 is 0 Å². The molecular weight excluding hydrogens is 332 g/mol. The van der Waals surface area contributed by atoms with Gasteiger partial charge in [0, 0.05) is 33.4 Å². The highest BCUT2D eigenvalue weighted by atomic mass is 32.2. The predicted octanol–water partition coefficient (Wildman–Crippen LogP) is 1.14. The first-order chi connectivity index (χ1) is 11.3. The molecule has 1 N–H and O–H groups in total. The van der Waals surface area contributed by atoms with Gasteiger partial charge in [0.1, 0.15) is 0 Å². The number of nitrogens with zero attached hydrogens (tertiary/aromatic N) is 1. The van der Waals surface area contributed by atoms with Crippen LogP contribution >= 0.6 is 0 Å². The third-order valence-corrected chi connectivity index (χ3v) is 5.72. The van der Waals surface area contributed by atoms with Crippen LogP contribution in [0, 0.1) is 0 Å². The summed E-state index contributed by atoms with van der Waals surface area (Å²) in [5, 5.41) is 0. The smallest absolute Gasteiger partial charge is 0.240 e. The summed E-state index contributed by atoms with van der Waals surface area (Å²) in [5.74, 6) is -0.122. The molecule has 1 aliphatic carbocycles. The van der Waals surface area contributed by atoms with Crippen LogP contribution in [0.1, 0.15) is 20.3 Å². The fourth-order valence-electron chi connectivity index (χ4n) is 2.69. The van der Waals surface area contributed by atoms with Gasteiger partial charge < -0.3 is 14.4 Å². The highest BCUT2D eigenvalue weighted by molar-refractivity contribution is 7.89. The number of nitrogens with one attached hydrogen (secondary N) is 1. The van der Waals surface area contributed by atoms with Gasteiger partial charge in [0.2, 0.25) is 15.9 Å². The lowest BCUT2D eigenvalue weighted by molar-refractivity contribution is -0.126. The maximum Gasteiger partial charge on any atom is 0.240 e. The first-order valence-corrected chi connectivity index (χ1v) is 9.29. The molecule has 1 amide bonds. The van der Waals surface area contributed by atoms with E-state index in [2.05, 4.69) is 4.72 Å². The van der Waals surface area contributed by atoms with Gasteiger partial charge in [0.15, 0.2) is 0 Å². The van der Waals surface area contributed by atoms with Crippen LogP contribution in [0.5, 0.6) is 0 Å². The van der Waals surface area contributed by atoms with Crippen molar-refractivity contribution in [1.29, 1.82) is 0 Å². The van der Waals surface area contributed by atoms with E-state index < -0.39 is 10.0 Å². The van der Waals surface area contributed by atoms with Gasteiger partial charge in [0.25, 0.3) is 0 Å². The van der Waals surface area contributed by atoms with Gasteiger partial charge in [-0.3, -0.25) is 4.79 Å². The molecule has 3 atom stereocenters. The molecule has 7 nitrogen and oxygen atoms in total. The normalized spacial score (nSPS) is 23.6. The summed E-state index contributed by atoms with van der Waals surface area (Å²) in [5.41, 5.74) is 0.635. The topological polar surface area (TPSA) is 84.9 Å². The number of carbonyl (C=O) groups excluding carboxylic acids is 1. The zero-order valence-electron chi connectivity index (χ0n) is 14.4. The summed E-state index contributed by atoms with van der Waals surface area (Å²) in [4.78, 5) is 12.9. The van der Waals surface area contributed by atoms with Crippen LogP contribution in [0.15, 0.2) is 29.2 Å². The molecule has 0 spiro atoms. The van der Waals surface area contributed by atoms with E-state index in [1.807, 2.05) is 6.92 Å². The Hall–Kier alpha value is -1.48. The fourth-order valence-corrected chi connectivity index (χ4v) is 3.95. The molecule has 0 heterocycles. The van der Waals surface area contributed by atoms with E-state index in [1.54, 1.807) is 26.3 Å². The predicted molar refractivity (Wildman–Crippen MR) is 90.5 cm³/mol. The van der Waals surface area contributed by atoms with Crippen LogP contribution in [0.3, 0.4) is 0 Å². The number of sulfonamides is 1. The van der Waals surface area contributed by atoms with E-state index in [4.69, 9.17) is 9.47 Å². The summed E-state index contributed by atoms with van der Waals surface area (Å²) >= 11 is 0. The minimum absolute atomic E-state index is 0.0840. The van der Waals surface area contributed by atoms with Crippen LogP contribution in [-0.4, -0.2) is 53.3 Å². The maximum absolute atomic E-state index is 12.5. The third kappa shape index (κ3) is 3.94. The number of methoxy groups -OCH3 is 1. The van der Waals surface area contributed by atoms with Crippen molar-refractivity contribution in [3.63, 3.8) is 0 Å². The minimum atomic E-state index is -3.65. The van der Waals surface area contributed by atoms with Crippen molar-refractivity contribution in [2.75, 3.05) is 25.7 Å². The van der Waals surface area contributed by atoms with Crippen LogP contribution < -0.4 is 9.62 Å². The molecule has 0 aromatic heterocycles. The number of rotatable bonds is 7. The Morgan fingerprint density at radius 3 is 2.46 bits per heavy atom. The van der Waals surface area contributed by atoms with Crippen LogP contribution in [-0.2, 0) is 24.3 Å². The highest BCUT2D eigenvalue weighted by Crippen LogP contribution is 2.28. The van der Waals surface area contributed by atoms with Crippen LogP contribution in [0.4, 0.5) is 5.69 Å². The molecule has 134 valence electrons. The van der Waals surface area contributed by atoms with E-state index in [-0.39, 0.29) is 29.1 Å². The molecule has 0 unspecified atom stereocenters. The Bertz CT molecular complexity index is 674. The Labute approximate surface area is 143 Å². The number of ether oxygens (including phenoxy) is 2. The lowest BCUT2D eigenvalue weighted by atomic mass is 9.86. The standard InChI is InChI=1S/C16H24N2O5S/c1-5-23-15-10-14(16(15)22-4)17-24(20,21)13-8-6-12(7-9-13)18(3)11(2)19/h6-9,14-17H,5,10H2,1-4H3/t14-,15-,16+/m1/s1. The largest absolute Gasteiger partial charge is 0.377 e. The molecule has 8 heteroatoms. The summed E-state index contributed by atoms with van der Waals surface area (Å²) in [7, 11) is -0.474. The molecule has 1 aliphatic rings. The van der Waals surface area contributed by atoms with Crippen LogP contribution in [0.2, 0.25) is 0 Å². The van der Waals surface area contributed by atoms with Crippen molar-refractivity contribution >= 4 is 21.6 Å². The monoisotopic (exact) mass is 356 g/mol. The van der Waals surface area contributed by atoms with Gasteiger partial charge in [-0.2, -0.15) is 0 Å². The summed E-state index contributed by atoms with van der Waals surface area (Å²) in [6, 6.07) is 5.87. The molecule has 24 heavy (non-hydrogen) atoms. The second-order valence-electron chi connectivity index (χ2n) is 5.73. The quantitative estimate of drug-likeness (QED) is 0.792. The average molecular weight is 356 g/mol. The molecule has 0 radical (unpaired) electrons. The Morgan fingerprint density at radius 2 is 1.96 bits per heavy atom. The molecule has 0 saturated heterocycles. The van der Waals surface area contributed by atoms with Gasteiger partial charge in [0.05, 0.1) is 23.1 Å². The van der Waals surface area contributed by atoms with Crippen LogP contribution in [0.25, 0.3) is 0 Å².